The minimum Gasteiger partial charge on any atom is -0.245 e. The van der Waals surface area contributed by atoms with Gasteiger partial charge >= 0.3 is 0 Å². The minimum atomic E-state index is -2.31. The summed E-state index contributed by atoms with van der Waals surface area (Å²) < 4.78 is 27.8. The van der Waals surface area contributed by atoms with Gasteiger partial charge in [0.05, 0.1) is 9.73 Å². The van der Waals surface area contributed by atoms with Gasteiger partial charge in [-0.25, -0.2) is 13.0 Å². The van der Waals surface area contributed by atoms with Crippen molar-refractivity contribution in [1.29, 1.82) is 0 Å². The highest BCUT2D eigenvalue weighted by molar-refractivity contribution is 7.93. The third-order valence-corrected chi connectivity index (χ3v) is 3.44. The Labute approximate surface area is 71.6 Å². The molecule has 1 atom stereocenters. The van der Waals surface area contributed by atoms with Gasteiger partial charge in [0.25, 0.3) is 0 Å². The van der Waals surface area contributed by atoms with Crippen molar-refractivity contribution < 1.29 is 8.60 Å². The fraction of sp³-hybridized carbons (Fsp3) is 0.250. The van der Waals surface area contributed by atoms with Gasteiger partial charge in [0, 0.05) is 18.2 Å². The molecular formula is C8H10FNOS. The number of benzene rings is 1. The van der Waals surface area contributed by atoms with Gasteiger partial charge in [0.1, 0.15) is 5.82 Å². The summed E-state index contributed by atoms with van der Waals surface area (Å²) in [5.74, 6) is -0.329. The van der Waals surface area contributed by atoms with Crippen LogP contribution in [0.1, 0.15) is 0 Å². The summed E-state index contributed by atoms with van der Waals surface area (Å²) in [7, 11) is -0.815. The van der Waals surface area contributed by atoms with Crippen LogP contribution in [0.5, 0.6) is 0 Å². The maximum Gasteiger partial charge on any atom is 0.123 e. The molecule has 0 saturated heterocycles. The van der Waals surface area contributed by atoms with Gasteiger partial charge in [-0.15, -0.1) is 0 Å². The van der Waals surface area contributed by atoms with E-state index in [-0.39, 0.29) is 5.82 Å². The first-order valence-electron chi connectivity index (χ1n) is 3.42. The molecule has 0 saturated carbocycles. The summed E-state index contributed by atoms with van der Waals surface area (Å²) in [6.07, 6.45) is 1.53. The van der Waals surface area contributed by atoms with Crippen LogP contribution in [0.25, 0.3) is 0 Å². The maximum absolute atomic E-state index is 12.5. The fourth-order valence-electron chi connectivity index (χ4n) is 0.793. The van der Waals surface area contributed by atoms with Crippen LogP contribution in [-0.2, 0) is 9.73 Å². The molecule has 4 heteroatoms. The normalized spacial score (nSPS) is 15.2. The van der Waals surface area contributed by atoms with Crippen molar-refractivity contribution in [3.63, 3.8) is 0 Å². The first-order chi connectivity index (χ1) is 5.56. The van der Waals surface area contributed by atoms with E-state index in [9.17, 15) is 8.60 Å². The van der Waals surface area contributed by atoms with Crippen LogP contribution in [0.2, 0.25) is 0 Å². The summed E-state index contributed by atoms with van der Waals surface area (Å²) in [6.45, 7) is 0. The third-order valence-electron chi connectivity index (χ3n) is 1.60. The number of nitrogens with zero attached hydrogens (tertiary/aromatic N) is 1. The van der Waals surface area contributed by atoms with Gasteiger partial charge in [-0.1, -0.05) is 0 Å². The molecule has 0 N–H and O–H groups in total. The first-order valence-corrected chi connectivity index (χ1v) is 5.34. The molecule has 2 nitrogen and oxygen atoms in total. The molecule has 12 heavy (non-hydrogen) atoms. The maximum atomic E-state index is 12.5. The lowest BCUT2D eigenvalue weighted by molar-refractivity contribution is 0.626. The largest absolute Gasteiger partial charge is 0.245 e. The molecule has 1 aromatic carbocycles. The van der Waals surface area contributed by atoms with E-state index in [1.54, 1.807) is 0 Å². The van der Waals surface area contributed by atoms with E-state index < -0.39 is 9.73 Å². The lowest BCUT2D eigenvalue weighted by atomic mass is 10.4. The van der Waals surface area contributed by atoms with Crippen LogP contribution in [0.4, 0.5) is 4.39 Å². The standard InChI is InChI=1S/C8H10FNOS/c1-10-12(2,11)8-5-3-7(9)4-6-8/h3-6H,1-2H3. The second-order valence-electron chi connectivity index (χ2n) is 2.44. The summed E-state index contributed by atoms with van der Waals surface area (Å²) in [4.78, 5) is 0.561. The Morgan fingerprint density at radius 1 is 1.33 bits per heavy atom. The molecule has 1 rings (SSSR count). The van der Waals surface area contributed by atoms with Crippen molar-refractivity contribution in [1.82, 2.24) is 0 Å². The highest BCUT2D eigenvalue weighted by Gasteiger charge is 2.03. The van der Waals surface area contributed by atoms with Crippen molar-refractivity contribution in [3.8, 4) is 0 Å². The minimum absolute atomic E-state index is 0.329. The molecule has 0 aliphatic rings. The Bertz CT molecular complexity index is 377. The van der Waals surface area contributed by atoms with Gasteiger partial charge in [-0.3, -0.25) is 0 Å². The zero-order chi connectivity index (χ0) is 9.19. The van der Waals surface area contributed by atoms with E-state index in [4.69, 9.17) is 0 Å². The molecule has 0 amide bonds. The highest BCUT2D eigenvalue weighted by atomic mass is 32.2. The second kappa shape index (κ2) is 3.23. The van der Waals surface area contributed by atoms with Crippen molar-refractivity contribution >= 4 is 9.73 Å². The lowest BCUT2D eigenvalue weighted by Crippen LogP contribution is -1.96. The summed E-state index contributed by atoms with van der Waals surface area (Å²) in [5, 5.41) is 0. The van der Waals surface area contributed by atoms with E-state index in [0.717, 1.165) is 0 Å². The van der Waals surface area contributed by atoms with Crippen molar-refractivity contribution in [2.24, 2.45) is 4.36 Å². The van der Waals surface area contributed by atoms with Crippen molar-refractivity contribution in [2.75, 3.05) is 13.3 Å². The summed E-state index contributed by atoms with van der Waals surface area (Å²) >= 11 is 0. The molecule has 0 bridgehead atoms. The third kappa shape index (κ3) is 1.82. The molecule has 0 aliphatic carbocycles. The molecule has 0 radical (unpaired) electrons. The van der Waals surface area contributed by atoms with Crippen LogP contribution in [0.3, 0.4) is 0 Å². The van der Waals surface area contributed by atoms with E-state index in [1.165, 1.54) is 37.6 Å². The van der Waals surface area contributed by atoms with E-state index >= 15 is 0 Å². The van der Waals surface area contributed by atoms with Gasteiger partial charge < -0.3 is 0 Å². The van der Waals surface area contributed by atoms with Crippen LogP contribution in [0, 0.1) is 5.82 Å². The van der Waals surface area contributed by atoms with Gasteiger partial charge in [0.2, 0.25) is 0 Å². The van der Waals surface area contributed by atoms with E-state index in [0.29, 0.717) is 4.90 Å². The Balaban J connectivity index is 3.24. The molecule has 66 valence electrons. The van der Waals surface area contributed by atoms with Crippen molar-refractivity contribution in [2.45, 2.75) is 4.90 Å². The van der Waals surface area contributed by atoms with Crippen molar-refractivity contribution in [3.05, 3.63) is 30.1 Å². The predicted octanol–water partition coefficient (Wildman–Crippen LogP) is 1.91. The monoisotopic (exact) mass is 187 g/mol. The zero-order valence-electron chi connectivity index (χ0n) is 6.95. The SMILES string of the molecule is CN=S(C)(=O)c1ccc(F)cc1. The molecule has 0 fully saturated rings. The lowest BCUT2D eigenvalue weighted by Gasteiger charge is -2.01. The second-order valence-corrected chi connectivity index (χ2v) is 4.88. The Hall–Kier alpha value is -0.900. The molecule has 1 aromatic rings. The fourth-order valence-corrected chi connectivity index (χ4v) is 1.64. The number of hydrogen-bond donors (Lipinski definition) is 0. The molecule has 0 aliphatic heterocycles. The van der Waals surface area contributed by atoms with Crippen LogP contribution < -0.4 is 0 Å². The Morgan fingerprint density at radius 2 is 1.83 bits per heavy atom. The smallest absolute Gasteiger partial charge is 0.123 e. The summed E-state index contributed by atoms with van der Waals surface area (Å²) in [6, 6.07) is 5.54. The molecule has 0 spiro atoms. The average molecular weight is 187 g/mol. The molecular weight excluding hydrogens is 177 g/mol. The van der Waals surface area contributed by atoms with Crippen LogP contribution in [-0.4, -0.2) is 17.5 Å². The van der Waals surface area contributed by atoms with Gasteiger partial charge in [-0.2, -0.15) is 0 Å². The first kappa shape index (κ1) is 9.19. The number of hydrogen-bond acceptors (Lipinski definition) is 2. The molecule has 1 unspecified atom stereocenters. The van der Waals surface area contributed by atoms with E-state index in [2.05, 4.69) is 4.36 Å². The van der Waals surface area contributed by atoms with Gasteiger partial charge in [-0.05, 0) is 24.3 Å². The Kier molecular flexibility index (Phi) is 2.47. The summed E-state index contributed by atoms with van der Waals surface area (Å²) in [5.41, 5.74) is 0. The molecule has 0 aromatic heterocycles. The Morgan fingerprint density at radius 3 is 2.25 bits per heavy atom. The quantitative estimate of drug-likeness (QED) is 0.660. The predicted molar refractivity (Wildman–Crippen MR) is 47.1 cm³/mol. The van der Waals surface area contributed by atoms with Crippen LogP contribution >= 0.6 is 0 Å². The average Bonchev–Trinajstić information content (AvgIpc) is 2.05. The van der Waals surface area contributed by atoms with Gasteiger partial charge in [0.15, 0.2) is 0 Å². The number of halogens is 1. The molecule has 0 heterocycles. The number of rotatable bonds is 1. The zero-order valence-corrected chi connectivity index (χ0v) is 7.77. The van der Waals surface area contributed by atoms with E-state index in [1.807, 2.05) is 0 Å². The highest BCUT2D eigenvalue weighted by Crippen LogP contribution is 2.11. The topological polar surface area (TPSA) is 29.4 Å². The van der Waals surface area contributed by atoms with Crippen LogP contribution in [0.15, 0.2) is 33.5 Å².